The molecule has 2 N–H and O–H groups in total. The normalized spacial score (nSPS) is 14.1. The number of carbonyl (C=O) groups excluding carboxylic acids is 1. The molecule has 0 spiro atoms. The van der Waals surface area contributed by atoms with Crippen molar-refractivity contribution in [2.75, 3.05) is 30.4 Å². The van der Waals surface area contributed by atoms with E-state index < -0.39 is 0 Å². The van der Waals surface area contributed by atoms with Crippen molar-refractivity contribution in [2.45, 2.75) is 18.8 Å². The molecule has 3 heterocycles. The van der Waals surface area contributed by atoms with E-state index in [1.165, 1.54) is 11.3 Å². The molecule has 1 saturated heterocycles. The van der Waals surface area contributed by atoms with E-state index in [2.05, 4.69) is 48.0 Å². The number of halogens is 1. The first-order valence-electron chi connectivity index (χ1n) is 11.3. The third-order valence-electron chi connectivity index (χ3n) is 5.97. The van der Waals surface area contributed by atoms with Crippen LogP contribution >= 0.6 is 22.9 Å². The second-order valence-corrected chi connectivity index (χ2v) is 9.50. The van der Waals surface area contributed by atoms with Gasteiger partial charge in [0, 0.05) is 42.7 Å². The van der Waals surface area contributed by atoms with Gasteiger partial charge in [0.2, 0.25) is 11.9 Å². The van der Waals surface area contributed by atoms with Crippen LogP contribution in [-0.2, 0) is 0 Å². The quantitative estimate of drug-likeness (QED) is 0.374. The summed E-state index contributed by atoms with van der Waals surface area (Å²) in [6.07, 6.45) is 3.48. The van der Waals surface area contributed by atoms with E-state index in [1.54, 1.807) is 36.6 Å². The fourth-order valence-electron chi connectivity index (χ4n) is 4.08. The monoisotopic (exact) mass is 505 g/mol. The van der Waals surface area contributed by atoms with Crippen LogP contribution in [0.4, 0.5) is 17.6 Å². The fraction of sp³-hybridized carbons (Fsp3) is 0.240. The summed E-state index contributed by atoms with van der Waals surface area (Å²) in [6.45, 7) is 1.69. The number of nitrogens with zero attached hydrogens (tertiary/aromatic N) is 5. The lowest BCUT2D eigenvalue weighted by Gasteiger charge is -2.31. The van der Waals surface area contributed by atoms with Gasteiger partial charge in [-0.1, -0.05) is 41.9 Å². The van der Waals surface area contributed by atoms with Gasteiger partial charge in [-0.3, -0.25) is 4.79 Å². The average molecular weight is 506 g/mol. The molecule has 2 aromatic carbocycles. The number of carbonyl (C=O) groups is 1. The van der Waals surface area contributed by atoms with E-state index in [0.29, 0.717) is 34.1 Å². The minimum Gasteiger partial charge on any atom is -0.355 e. The third-order valence-corrected chi connectivity index (χ3v) is 7.31. The first-order chi connectivity index (χ1) is 17.1. The largest absolute Gasteiger partial charge is 0.355 e. The van der Waals surface area contributed by atoms with Crippen LogP contribution in [0.15, 0.2) is 60.2 Å². The molecule has 1 fully saturated rings. The first-order valence-corrected chi connectivity index (χ1v) is 12.6. The van der Waals surface area contributed by atoms with E-state index in [-0.39, 0.29) is 5.91 Å². The highest BCUT2D eigenvalue weighted by Gasteiger charge is 2.25. The zero-order chi connectivity index (χ0) is 24.2. The number of hydrogen-bond donors (Lipinski definition) is 2. The number of benzene rings is 2. The first kappa shape index (κ1) is 23.2. The van der Waals surface area contributed by atoms with Gasteiger partial charge in [-0.05, 0) is 31.0 Å². The molecule has 178 valence electrons. The van der Waals surface area contributed by atoms with Gasteiger partial charge in [-0.2, -0.15) is 4.98 Å². The van der Waals surface area contributed by atoms with Gasteiger partial charge in [-0.15, -0.1) is 11.3 Å². The molecule has 35 heavy (non-hydrogen) atoms. The third kappa shape index (κ3) is 5.26. The Kier molecular flexibility index (Phi) is 6.87. The second-order valence-electron chi connectivity index (χ2n) is 8.21. The summed E-state index contributed by atoms with van der Waals surface area (Å²) >= 11 is 7.89. The maximum absolute atomic E-state index is 12.0. The van der Waals surface area contributed by atoms with Gasteiger partial charge in [0.15, 0.2) is 0 Å². The molecule has 2 aromatic heterocycles. The van der Waals surface area contributed by atoms with Crippen LogP contribution in [0.3, 0.4) is 0 Å². The fourth-order valence-corrected chi connectivity index (χ4v) is 5.29. The molecular formula is C25H24ClN7OS. The molecule has 8 nitrogen and oxygen atoms in total. The van der Waals surface area contributed by atoms with E-state index in [9.17, 15) is 4.79 Å². The number of piperidine rings is 1. The van der Waals surface area contributed by atoms with Gasteiger partial charge in [0.1, 0.15) is 6.33 Å². The molecule has 1 amide bonds. The van der Waals surface area contributed by atoms with E-state index in [0.717, 1.165) is 37.2 Å². The minimum absolute atomic E-state index is 0.256. The number of rotatable bonds is 6. The Labute approximate surface area is 212 Å². The maximum atomic E-state index is 12.0. The highest BCUT2D eigenvalue weighted by atomic mass is 35.5. The minimum atomic E-state index is -0.256. The summed E-state index contributed by atoms with van der Waals surface area (Å²) < 4.78 is 0. The zero-order valence-electron chi connectivity index (χ0n) is 19.1. The van der Waals surface area contributed by atoms with Crippen molar-refractivity contribution < 1.29 is 4.79 Å². The van der Waals surface area contributed by atoms with Crippen LogP contribution < -0.4 is 15.5 Å². The Morgan fingerprint density at radius 2 is 1.89 bits per heavy atom. The summed E-state index contributed by atoms with van der Waals surface area (Å²) in [5.41, 5.74) is 3.25. The Morgan fingerprint density at radius 3 is 2.66 bits per heavy atom. The van der Waals surface area contributed by atoms with Crippen molar-refractivity contribution in [1.82, 2.24) is 25.3 Å². The highest BCUT2D eigenvalue weighted by molar-refractivity contribution is 7.10. The van der Waals surface area contributed by atoms with Crippen molar-refractivity contribution in [3.63, 3.8) is 0 Å². The lowest BCUT2D eigenvalue weighted by atomic mass is 9.98. The molecular weight excluding hydrogens is 482 g/mol. The van der Waals surface area contributed by atoms with Gasteiger partial charge in [0.05, 0.1) is 21.3 Å². The number of amides is 1. The molecule has 0 radical (unpaired) electrons. The van der Waals surface area contributed by atoms with Crippen LogP contribution in [0.25, 0.3) is 11.3 Å². The van der Waals surface area contributed by atoms with Crippen molar-refractivity contribution in [1.29, 1.82) is 0 Å². The number of aromatic nitrogens is 4. The van der Waals surface area contributed by atoms with Crippen molar-refractivity contribution >= 4 is 46.4 Å². The smallest absolute Gasteiger partial charge is 0.252 e. The summed E-state index contributed by atoms with van der Waals surface area (Å²) in [4.78, 5) is 32.3. The average Bonchev–Trinajstić information content (AvgIpc) is 3.41. The highest BCUT2D eigenvalue weighted by Crippen LogP contribution is 2.33. The van der Waals surface area contributed by atoms with Crippen LogP contribution in [0.5, 0.6) is 0 Å². The Hall–Kier alpha value is -3.56. The number of thiazole rings is 1. The predicted octanol–water partition coefficient (Wildman–Crippen LogP) is 5.14. The Balaban J connectivity index is 1.24. The standard InChI is InChI=1S/C25H24ClN7OS/c1-27-22(34)19-13-18(7-8-20(19)26)30-24-28-15-29-25(32-24)33-11-9-17(10-12-33)23-31-21(14-35-23)16-5-3-2-4-6-16/h2-8,13-15,17H,9-12H2,1H3,(H,27,34)(H,28,29,30,32). The molecule has 5 rings (SSSR count). The van der Waals surface area contributed by atoms with E-state index in [1.807, 2.05) is 18.2 Å². The molecule has 0 aliphatic carbocycles. The summed E-state index contributed by atoms with van der Waals surface area (Å²) in [7, 11) is 1.57. The Morgan fingerprint density at radius 1 is 1.09 bits per heavy atom. The van der Waals surface area contributed by atoms with Gasteiger partial charge in [-0.25, -0.2) is 15.0 Å². The predicted molar refractivity (Wildman–Crippen MR) is 140 cm³/mol. The van der Waals surface area contributed by atoms with E-state index in [4.69, 9.17) is 16.6 Å². The van der Waals surface area contributed by atoms with Crippen LogP contribution in [-0.4, -0.2) is 46.0 Å². The molecule has 1 aliphatic rings. The zero-order valence-corrected chi connectivity index (χ0v) is 20.7. The molecule has 0 saturated carbocycles. The molecule has 0 unspecified atom stereocenters. The second kappa shape index (κ2) is 10.4. The van der Waals surface area contributed by atoms with E-state index >= 15 is 0 Å². The maximum Gasteiger partial charge on any atom is 0.252 e. The Bertz CT molecular complexity index is 1320. The summed E-state index contributed by atoms with van der Waals surface area (Å²) in [5.74, 6) is 1.22. The van der Waals surface area contributed by atoms with Crippen molar-refractivity contribution in [2.24, 2.45) is 0 Å². The molecule has 0 atom stereocenters. The lowest BCUT2D eigenvalue weighted by molar-refractivity contribution is 0.0963. The molecule has 4 aromatic rings. The van der Waals surface area contributed by atoms with Crippen molar-refractivity contribution in [3.05, 3.63) is 75.8 Å². The molecule has 1 aliphatic heterocycles. The lowest BCUT2D eigenvalue weighted by Crippen LogP contribution is -2.34. The number of hydrogen-bond acceptors (Lipinski definition) is 8. The number of nitrogens with one attached hydrogen (secondary N) is 2. The SMILES string of the molecule is CNC(=O)c1cc(Nc2ncnc(N3CCC(c4nc(-c5ccccc5)cs4)CC3)n2)ccc1Cl. The molecule has 0 bridgehead atoms. The molecule has 10 heteroatoms. The van der Waals surface area contributed by atoms with Crippen molar-refractivity contribution in [3.8, 4) is 11.3 Å². The van der Waals surface area contributed by atoms with Crippen LogP contribution in [0, 0.1) is 0 Å². The van der Waals surface area contributed by atoms with Gasteiger partial charge >= 0.3 is 0 Å². The van der Waals surface area contributed by atoms with Crippen LogP contribution in [0.2, 0.25) is 5.02 Å². The summed E-state index contributed by atoms with van der Waals surface area (Å²) in [5, 5.41) is 9.45. The van der Waals surface area contributed by atoms with Gasteiger partial charge < -0.3 is 15.5 Å². The summed E-state index contributed by atoms with van der Waals surface area (Å²) in [6, 6.07) is 15.4. The topological polar surface area (TPSA) is 95.9 Å². The van der Waals surface area contributed by atoms with Crippen LogP contribution in [0.1, 0.15) is 34.1 Å². The number of anilines is 3. The van der Waals surface area contributed by atoms with Gasteiger partial charge in [0.25, 0.3) is 5.91 Å².